The molecule has 27 heavy (non-hydrogen) atoms. The summed E-state index contributed by atoms with van der Waals surface area (Å²) in [4.78, 5) is 16.7. The van der Waals surface area contributed by atoms with E-state index in [0.717, 1.165) is 38.2 Å². The van der Waals surface area contributed by atoms with Gasteiger partial charge < -0.3 is 15.0 Å². The molecule has 0 saturated carbocycles. The van der Waals surface area contributed by atoms with Crippen molar-refractivity contribution in [3.63, 3.8) is 0 Å². The summed E-state index contributed by atoms with van der Waals surface area (Å²) in [6, 6.07) is 5.89. The molecule has 5 nitrogen and oxygen atoms in total. The molecule has 1 N–H and O–H groups in total. The van der Waals surface area contributed by atoms with Crippen molar-refractivity contribution in [2.45, 2.75) is 31.9 Å². The Labute approximate surface area is 172 Å². The fourth-order valence-electron chi connectivity index (χ4n) is 3.19. The predicted octanol–water partition coefficient (Wildman–Crippen LogP) is 3.23. The lowest BCUT2D eigenvalue weighted by Gasteiger charge is -2.36. The second-order valence-corrected chi connectivity index (χ2v) is 8.68. The largest absolute Gasteiger partial charge is 0.489 e. The second-order valence-electron chi connectivity index (χ2n) is 7.36. The molecule has 0 spiro atoms. The van der Waals surface area contributed by atoms with Crippen LogP contribution in [0.1, 0.15) is 30.1 Å². The minimum absolute atomic E-state index is 0.110. The quantitative estimate of drug-likeness (QED) is 0.673. The molecule has 1 amide bonds. The maximum absolute atomic E-state index is 12.2. The Kier molecular flexibility index (Phi) is 9.22. The van der Waals surface area contributed by atoms with Gasteiger partial charge in [0.25, 0.3) is 5.91 Å². The molecule has 7 heteroatoms. The average Bonchev–Trinajstić information content (AvgIpc) is 2.63. The smallest absolute Gasteiger partial charge is 0.251 e. The standard InChI is InChI=1S/C20H32ClN3O2S/c1-15(14-27-4)24-10-7-17(8-11-24)26-19-6-5-16(13-18(19)21)20(25)22-9-12-23(2)3/h5-6,13,15,17H,7-12,14H2,1-4H3,(H,22,25)/t15-/m1/s1. The number of likely N-dealkylation sites (N-methyl/N-ethyl adjacent to an activating group) is 1. The number of thioether (sulfide) groups is 1. The van der Waals surface area contributed by atoms with Crippen molar-refractivity contribution in [1.29, 1.82) is 0 Å². The lowest BCUT2D eigenvalue weighted by Crippen LogP contribution is -2.43. The fourth-order valence-corrected chi connectivity index (χ4v) is 4.11. The number of hydrogen-bond donors (Lipinski definition) is 1. The third-order valence-electron chi connectivity index (χ3n) is 4.84. The first-order valence-corrected chi connectivity index (χ1v) is 11.3. The first-order chi connectivity index (χ1) is 12.9. The maximum atomic E-state index is 12.2. The fraction of sp³-hybridized carbons (Fsp3) is 0.650. The number of carbonyl (C=O) groups excluding carboxylic acids is 1. The van der Waals surface area contributed by atoms with Crippen molar-refractivity contribution in [3.05, 3.63) is 28.8 Å². The van der Waals surface area contributed by atoms with Crippen molar-refractivity contribution in [1.82, 2.24) is 15.1 Å². The molecule has 152 valence electrons. The Bertz CT molecular complexity index is 607. The molecule has 1 fully saturated rings. The number of nitrogens with zero attached hydrogens (tertiary/aromatic N) is 2. The molecule has 1 aliphatic rings. The zero-order valence-corrected chi connectivity index (χ0v) is 18.4. The highest BCUT2D eigenvalue weighted by molar-refractivity contribution is 7.98. The van der Waals surface area contributed by atoms with Crippen LogP contribution in [0, 0.1) is 0 Å². The van der Waals surface area contributed by atoms with Gasteiger partial charge in [0.2, 0.25) is 0 Å². The number of benzene rings is 1. The normalized spacial score (nSPS) is 17.1. The lowest BCUT2D eigenvalue weighted by molar-refractivity contribution is 0.0854. The van der Waals surface area contributed by atoms with E-state index >= 15 is 0 Å². The van der Waals surface area contributed by atoms with Crippen LogP contribution in [0.3, 0.4) is 0 Å². The van der Waals surface area contributed by atoms with Crippen LogP contribution in [0.4, 0.5) is 0 Å². The van der Waals surface area contributed by atoms with Crippen LogP contribution < -0.4 is 10.1 Å². The Morgan fingerprint density at radius 3 is 2.70 bits per heavy atom. The molecule has 2 rings (SSSR count). The zero-order chi connectivity index (χ0) is 19.8. The van der Waals surface area contributed by atoms with E-state index in [0.29, 0.717) is 28.9 Å². The zero-order valence-electron chi connectivity index (χ0n) is 16.8. The molecule has 0 bridgehead atoms. The third kappa shape index (κ3) is 7.18. The summed E-state index contributed by atoms with van der Waals surface area (Å²) >= 11 is 8.26. The van der Waals surface area contributed by atoms with E-state index in [-0.39, 0.29) is 12.0 Å². The number of carbonyl (C=O) groups is 1. The number of amides is 1. The van der Waals surface area contributed by atoms with Gasteiger partial charge >= 0.3 is 0 Å². The third-order valence-corrected chi connectivity index (χ3v) is 5.95. The van der Waals surface area contributed by atoms with Gasteiger partial charge in [-0.2, -0.15) is 11.8 Å². The molecule has 1 atom stereocenters. The molecule has 0 radical (unpaired) electrons. The molecule has 1 aliphatic heterocycles. The summed E-state index contributed by atoms with van der Waals surface area (Å²) in [5.41, 5.74) is 0.562. The molecule has 1 heterocycles. The van der Waals surface area contributed by atoms with E-state index in [4.69, 9.17) is 16.3 Å². The molecule has 1 aromatic carbocycles. The minimum atomic E-state index is -0.110. The second kappa shape index (κ2) is 11.1. The van der Waals surface area contributed by atoms with Gasteiger partial charge in [-0.1, -0.05) is 11.6 Å². The van der Waals surface area contributed by atoms with Gasteiger partial charge in [-0.25, -0.2) is 0 Å². The van der Waals surface area contributed by atoms with E-state index in [2.05, 4.69) is 23.4 Å². The topological polar surface area (TPSA) is 44.8 Å². The summed E-state index contributed by atoms with van der Waals surface area (Å²) in [7, 11) is 3.95. The van der Waals surface area contributed by atoms with Crippen LogP contribution in [-0.4, -0.2) is 80.1 Å². The van der Waals surface area contributed by atoms with Crippen LogP contribution in [0.25, 0.3) is 0 Å². The van der Waals surface area contributed by atoms with Crippen LogP contribution >= 0.6 is 23.4 Å². The Morgan fingerprint density at radius 1 is 1.41 bits per heavy atom. The van der Waals surface area contributed by atoms with E-state index in [1.807, 2.05) is 36.8 Å². The maximum Gasteiger partial charge on any atom is 0.251 e. The average molecular weight is 414 g/mol. The summed E-state index contributed by atoms with van der Waals surface area (Å²) in [5, 5.41) is 3.39. The van der Waals surface area contributed by atoms with Crippen molar-refractivity contribution >= 4 is 29.3 Å². The molecule has 1 saturated heterocycles. The van der Waals surface area contributed by atoms with Gasteiger partial charge in [-0.3, -0.25) is 9.69 Å². The Balaban J connectivity index is 1.85. The van der Waals surface area contributed by atoms with Gasteiger partial charge in [-0.15, -0.1) is 0 Å². The molecule has 0 aromatic heterocycles. The molecule has 0 unspecified atom stereocenters. The predicted molar refractivity (Wildman–Crippen MR) is 115 cm³/mol. The first kappa shape index (κ1) is 22.3. The van der Waals surface area contributed by atoms with E-state index in [1.54, 1.807) is 12.1 Å². The molecule has 0 aliphatic carbocycles. The van der Waals surface area contributed by atoms with Gasteiger partial charge in [0.05, 0.1) is 5.02 Å². The van der Waals surface area contributed by atoms with Gasteiger partial charge in [0.15, 0.2) is 0 Å². The van der Waals surface area contributed by atoms with E-state index in [9.17, 15) is 4.79 Å². The number of hydrogen-bond acceptors (Lipinski definition) is 5. The van der Waals surface area contributed by atoms with Crippen LogP contribution in [0.2, 0.25) is 5.02 Å². The van der Waals surface area contributed by atoms with Crippen molar-refractivity contribution < 1.29 is 9.53 Å². The van der Waals surface area contributed by atoms with Gasteiger partial charge in [0.1, 0.15) is 11.9 Å². The van der Waals surface area contributed by atoms with Crippen LogP contribution in [0.5, 0.6) is 5.75 Å². The lowest BCUT2D eigenvalue weighted by atomic mass is 10.1. The molecular weight excluding hydrogens is 382 g/mol. The molecule has 1 aromatic rings. The number of ether oxygens (including phenoxy) is 1. The number of likely N-dealkylation sites (tertiary alicyclic amines) is 1. The highest BCUT2D eigenvalue weighted by Crippen LogP contribution is 2.29. The van der Waals surface area contributed by atoms with Crippen molar-refractivity contribution in [2.24, 2.45) is 0 Å². The van der Waals surface area contributed by atoms with E-state index < -0.39 is 0 Å². The van der Waals surface area contributed by atoms with Crippen LogP contribution in [0.15, 0.2) is 18.2 Å². The van der Waals surface area contributed by atoms with Crippen molar-refractivity contribution in [3.8, 4) is 5.75 Å². The summed E-state index contributed by atoms with van der Waals surface area (Å²) in [6.45, 7) is 5.80. The highest BCUT2D eigenvalue weighted by atomic mass is 35.5. The number of halogens is 1. The Hall–Kier alpha value is -0.950. The monoisotopic (exact) mass is 413 g/mol. The van der Waals surface area contributed by atoms with Gasteiger partial charge in [0, 0.05) is 43.5 Å². The number of piperidine rings is 1. The minimum Gasteiger partial charge on any atom is -0.489 e. The summed E-state index contributed by atoms with van der Waals surface area (Å²) < 4.78 is 6.12. The highest BCUT2D eigenvalue weighted by Gasteiger charge is 2.24. The summed E-state index contributed by atoms with van der Waals surface area (Å²) in [6.07, 6.45) is 4.34. The number of nitrogens with one attached hydrogen (secondary N) is 1. The van der Waals surface area contributed by atoms with Gasteiger partial charge in [-0.05, 0) is 58.3 Å². The summed E-state index contributed by atoms with van der Waals surface area (Å²) in [5.74, 6) is 1.72. The van der Waals surface area contributed by atoms with Crippen molar-refractivity contribution in [2.75, 3.05) is 52.3 Å². The SMILES string of the molecule is CSC[C@@H](C)N1CCC(Oc2ccc(C(=O)NCCN(C)C)cc2Cl)CC1. The Morgan fingerprint density at radius 2 is 2.11 bits per heavy atom. The van der Waals surface area contributed by atoms with Crippen LogP contribution in [-0.2, 0) is 0 Å². The molecular formula is C20H32ClN3O2S. The van der Waals surface area contributed by atoms with E-state index in [1.165, 1.54) is 0 Å². The first-order valence-electron chi connectivity index (χ1n) is 9.52. The number of rotatable bonds is 9.